The van der Waals surface area contributed by atoms with Crippen LogP contribution in [0.5, 0.6) is 11.5 Å². The van der Waals surface area contributed by atoms with Crippen molar-refractivity contribution in [1.82, 2.24) is 10.4 Å². The Kier molecular flexibility index (Phi) is 6.18. The lowest BCUT2D eigenvalue weighted by Crippen LogP contribution is -2.18. The second-order valence-electron chi connectivity index (χ2n) is 7.46. The van der Waals surface area contributed by atoms with Crippen molar-refractivity contribution in [3.8, 4) is 11.5 Å². The quantitative estimate of drug-likeness (QED) is 0.176. The van der Waals surface area contributed by atoms with Crippen molar-refractivity contribution in [3.63, 3.8) is 0 Å². The van der Waals surface area contributed by atoms with Crippen molar-refractivity contribution in [2.45, 2.75) is 6.92 Å². The Hall–Kier alpha value is -4.23. The van der Waals surface area contributed by atoms with Gasteiger partial charge < -0.3 is 9.84 Å². The molecular weight excluding hydrogens is 444 g/mol. The van der Waals surface area contributed by atoms with Gasteiger partial charge in [0.05, 0.1) is 28.7 Å². The molecule has 168 valence electrons. The summed E-state index contributed by atoms with van der Waals surface area (Å²) in [5.74, 6) is 1.47. The summed E-state index contributed by atoms with van der Waals surface area (Å²) >= 11 is 1.54. The van der Waals surface area contributed by atoms with Crippen molar-refractivity contribution in [2.75, 3.05) is 6.61 Å². The van der Waals surface area contributed by atoms with Crippen molar-refractivity contribution in [2.24, 2.45) is 10.1 Å². The van der Waals surface area contributed by atoms with Gasteiger partial charge in [0, 0.05) is 5.56 Å². The Bertz CT molecular complexity index is 1470. The van der Waals surface area contributed by atoms with Crippen LogP contribution in [-0.2, 0) is 0 Å². The van der Waals surface area contributed by atoms with E-state index in [0.29, 0.717) is 18.0 Å². The first-order valence-electron chi connectivity index (χ1n) is 10.9. The second-order valence-corrected chi connectivity index (χ2v) is 8.49. The fourth-order valence-electron chi connectivity index (χ4n) is 3.58. The van der Waals surface area contributed by atoms with Crippen LogP contribution in [0, 0.1) is 0 Å². The van der Waals surface area contributed by atoms with Crippen molar-refractivity contribution in [3.05, 3.63) is 95.5 Å². The molecule has 4 aromatic carbocycles. The Balaban J connectivity index is 1.50. The third-order valence-electron chi connectivity index (χ3n) is 5.20. The van der Waals surface area contributed by atoms with E-state index in [1.165, 1.54) is 11.3 Å². The van der Waals surface area contributed by atoms with Crippen molar-refractivity contribution in [1.29, 1.82) is 0 Å². The molecule has 34 heavy (non-hydrogen) atoms. The first-order chi connectivity index (χ1) is 16.7. The topological polar surface area (TPSA) is 79.1 Å². The van der Waals surface area contributed by atoms with Gasteiger partial charge in [0.1, 0.15) is 11.5 Å². The minimum absolute atomic E-state index is 0.161. The van der Waals surface area contributed by atoms with Gasteiger partial charge in [-0.3, -0.25) is 5.43 Å². The molecule has 0 unspecified atom stereocenters. The van der Waals surface area contributed by atoms with E-state index in [0.717, 1.165) is 37.4 Å². The Morgan fingerprint density at radius 3 is 2.62 bits per heavy atom. The van der Waals surface area contributed by atoms with Crippen LogP contribution in [0.2, 0.25) is 0 Å². The molecule has 0 radical (unpaired) electrons. The van der Waals surface area contributed by atoms with Gasteiger partial charge in [-0.05, 0) is 60.2 Å². The largest absolute Gasteiger partial charge is 0.507 e. The van der Waals surface area contributed by atoms with Crippen LogP contribution in [0.1, 0.15) is 17.5 Å². The Morgan fingerprint density at radius 2 is 1.79 bits per heavy atom. The van der Waals surface area contributed by atoms with Crippen LogP contribution in [0.25, 0.3) is 21.0 Å². The number of para-hydroxylation sites is 1. The van der Waals surface area contributed by atoms with Gasteiger partial charge >= 0.3 is 0 Å². The number of phenolic OH excluding ortho intramolecular Hbond substituents is 1. The number of nitrogens with one attached hydrogen (secondary N) is 1. The number of aliphatic imine (C=N–C) groups is 1. The normalized spacial score (nSPS) is 12.0. The molecular formula is C27H22N4O2S. The molecule has 0 bridgehead atoms. The van der Waals surface area contributed by atoms with Gasteiger partial charge in [-0.15, -0.1) is 11.3 Å². The summed E-state index contributed by atoms with van der Waals surface area (Å²) < 4.78 is 6.59. The van der Waals surface area contributed by atoms with Crippen LogP contribution >= 0.6 is 11.3 Å². The zero-order valence-electron chi connectivity index (χ0n) is 18.5. The van der Waals surface area contributed by atoms with E-state index in [-0.39, 0.29) is 5.75 Å². The molecule has 0 saturated heterocycles. The van der Waals surface area contributed by atoms with Crippen molar-refractivity contribution < 1.29 is 9.84 Å². The lowest BCUT2D eigenvalue weighted by atomic mass is 10.0. The highest BCUT2D eigenvalue weighted by Gasteiger charge is 2.11. The number of hydrogen-bond acceptors (Lipinski definition) is 6. The number of phenols is 1. The molecule has 0 amide bonds. The van der Waals surface area contributed by atoms with E-state index in [1.807, 2.05) is 85.8 Å². The van der Waals surface area contributed by atoms with E-state index >= 15 is 0 Å². The fourth-order valence-corrected chi connectivity index (χ4v) is 4.49. The highest BCUT2D eigenvalue weighted by atomic mass is 32.1. The molecule has 0 atom stereocenters. The zero-order valence-corrected chi connectivity index (χ0v) is 19.3. The minimum atomic E-state index is 0.161. The number of nitrogens with zero attached hydrogens (tertiary/aromatic N) is 3. The third kappa shape index (κ3) is 4.60. The molecule has 5 aromatic rings. The second kappa shape index (κ2) is 9.72. The predicted octanol–water partition coefficient (Wildman–Crippen LogP) is 6.26. The van der Waals surface area contributed by atoms with Gasteiger partial charge in [-0.1, -0.05) is 42.5 Å². The maximum Gasteiger partial charge on any atom is 0.183 e. The summed E-state index contributed by atoms with van der Waals surface area (Å²) in [5.41, 5.74) is 5.33. The number of fused-ring (bicyclic) bond motifs is 2. The number of thiazole rings is 1. The van der Waals surface area contributed by atoms with E-state index in [4.69, 9.17) is 14.7 Å². The Labute approximate surface area is 200 Å². The van der Waals surface area contributed by atoms with Crippen molar-refractivity contribution >= 4 is 50.1 Å². The van der Waals surface area contributed by atoms with Gasteiger partial charge in [0.15, 0.2) is 10.8 Å². The molecule has 2 N–H and O–H groups in total. The SMILES string of the molecule is CCOc1ccc(N=C(N/N=C/c2c(O)ccc3ccccc23)c2nc3ccccc3s2)cc1. The lowest BCUT2D eigenvalue weighted by molar-refractivity contribution is 0.340. The predicted molar refractivity (Wildman–Crippen MR) is 140 cm³/mol. The smallest absolute Gasteiger partial charge is 0.183 e. The molecule has 0 aliphatic rings. The highest BCUT2D eigenvalue weighted by molar-refractivity contribution is 7.20. The highest BCUT2D eigenvalue weighted by Crippen LogP contribution is 2.26. The molecule has 6 nitrogen and oxygen atoms in total. The van der Waals surface area contributed by atoms with E-state index in [2.05, 4.69) is 10.5 Å². The summed E-state index contributed by atoms with van der Waals surface area (Å²) in [6, 6.07) is 26.9. The monoisotopic (exact) mass is 466 g/mol. The molecule has 0 spiro atoms. The summed E-state index contributed by atoms with van der Waals surface area (Å²) in [5, 5.41) is 17.5. The summed E-state index contributed by atoms with van der Waals surface area (Å²) in [6.07, 6.45) is 1.61. The van der Waals surface area contributed by atoms with Crippen LogP contribution in [0.15, 0.2) is 95.0 Å². The van der Waals surface area contributed by atoms with Gasteiger partial charge in [-0.2, -0.15) is 5.10 Å². The molecule has 0 saturated carbocycles. The number of rotatable bonds is 6. The Morgan fingerprint density at radius 1 is 1.00 bits per heavy atom. The number of amidine groups is 1. The maximum atomic E-state index is 10.4. The van der Waals surface area contributed by atoms with E-state index in [1.54, 1.807) is 12.3 Å². The van der Waals surface area contributed by atoms with Crippen LogP contribution in [-0.4, -0.2) is 28.7 Å². The number of hydrogen-bond donors (Lipinski definition) is 2. The maximum absolute atomic E-state index is 10.4. The summed E-state index contributed by atoms with van der Waals surface area (Å²) in [4.78, 5) is 9.49. The zero-order chi connectivity index (χ0) is 23.3. The average molecular weight is 467 g/mol. The van der Waals surface area contributed by atoms with Crippen LogP contribution in [0.4, 0.5) is 5.69 Å². The van der Waals surface area contributed by atoms with Crippen LogP contribution in [0.3, 0.4) is 0 Å². The molecule has 0 aliphatic heterocycles. The van der Waals surface area contributed by atoms with E-state index in [9.17, 15) is 5.11 Å². The average Bonchev–Trinajstić information content (AvgIpc) is 3.30. The molecule has 1 aromatic heterocycles. The molecule has 0 fully saturated rings. The van der Waals surface area contributed by atoms with Gasteiger partial charge in [0.25, 0.3) is 0 Å². The third-order valence-corrected chi connectivity index (χ3v) is 6.24. The molecule has 0 aliphatic carbocycles. The summed E-state index contributed by atoms with van der Waals surface area (Å²) in [6.45, 7) is 2.56. The fraction of sp³-hybridized carbons (Fsp3) is 0.0741. The molecule has 7 heteroatoms. The first-order valence-corrected chi connectivity index (χ1v) is 11.7. The first kappa shape index (κ1) is 21.6. The number of benzene rings is 4. The minimum Gasteiger partial charge on any atom is -0.507 e. The number of aromatic hydroxyl groups is 1. The van der Waals surface area contributed by atoms with Gasteiger partial charge in [0.2, 0.25) is 0 Å². The lowest BCUT2D eigenvalue weighted by Gasteiger charge is -2.06. The number of ether oxygens (including phenoxy) is 1. The van der Waals surface area contributed by atoms with Gasteiger partial charge in [-0.25, -0.2) is 9.98 Å². The number of hydrazone groups is 1. The van der Waals surface area contributed by atoms with Crippen LogP contribution < -0.4 is 10.2 Å². The molecule has 1 heterocycles. The summed E-state index contributed by atoms with van der Waals surface area (Å²) in [7, 11) is 0. The standard InChI is InChI=1S/C27H22N4O2S/c1-2-33-20-14-12-19(13-15-20)29-26(27-30-23-9-5-6-10-25(23)34-27)31-28-17-22-21-8-4-3-7-18(21)11-16-24(22)32/h3-17,32H,2H2,1H3,(H,29,31)/b28-17+. The number of aromatic nitrogens is 1. The van der Waals surface area contributed by atoms with E-state index < -0.39 is 0 Å². The molecule has 5 rings (SSSR count).